The molecule has 1 N–H and O–H groups in total. The Morgan fingerprint density at radius 1 is 1.04 bits per heavy atom. The minimum absolute atomic E-state index is 0.0615. The Bertz CT molecular complexity index is 1030. The van der Waals surface area contributed by atoms with Crippen molar-refractivity contribution in [2.75, 3.05) is 11.6 Å². The monoisotopic (exact) mass is 391 g/mol. The number of halogens is 1. The molecule has 7 heteroatoms. The van der Waals surface area contributed by atoms with Gasteiger partial charge in [-0.25, -0.2) is 8.42 Å². The fraction of sp³-hybridized carbons (Fsp3) is 0.0556. The van der Waals surface area contributed by atoms with Crippen LogP contribution in [0.5, 0.6) is 0 Å². The van der Waals surface area contributed by atoms with Crippen LogP contribution in [-0.4, -0.2) is 20.6 Å². The summed E-state index contributed by atoms with van der Waals surface area (Å²) >= 11 is 7.28. The average Bonchev–Trinajstić information content (AvgIpc) is 3.04. The first-order valence-corrected chi connectivity index (χ1v) is 10.4. The molecule has 2 aromatic carbocycles. The average molecular weight is 392 g/mol. The summed E-state index contributed by atoms with van der Waals surface area (Å²) in [6.45, 7) is 0. The van der Waals surface area contributed by atoms with Crippen molar-refractivity contribution in [3.8, 4) is 11.1 Å². The summed E-state index contributed by atoms with van der Waals surface area (Å²) < 4.78 is 23.4. The number of anilines is 1. The van der Waals surface area contributed by atoms with Gasteiger partial charge in [-0.05, 0) is 40.8 Å². The molecule has 0 aliphatic rings. The van der Waals surface area contributed by atoms with Crippen LogP contribution in [0.4, 0.5) is 5.69 Å². The lowest BCUT2D eigenvalue weighted by molar-refractivity contribution is 0.103. The highest BCUT2D eigenvalue weighted by Gasteiger charge is 2.14. The Balaban J connectivity index is 1.84. The topological polar surface area (TPSA) is 63.2 Å². The van der Waals surface area contributed by atoms with Gasteiger partial charge >= 0.3 is 0 Å². The molecule has 4 nitrogen and oxygen atoms in total. The minimum Gasteiger partial charge on any atom is -0.321 e. The van der Waals surface area contributed by atoms with Crippen LogP contribution in [0, 0.1) is 0 Å². The molecular weight excluding hydrogens is 378 g/mol. The molecule has 0 saturated carbocycles. The van der Waals surface area contributed by atoms with Crippen molar-refractivity contribution in [3.05, 3.63) is 69.9 Å². The number of thiophene rings is 1. The van der Waals surface area contributed by atoms with Gasteiger partial charge in [0.2, 0.25) is 0 Å². The summed E-state index contributed by atoms with van der Waals surface area (Å²) in [5.74, 6) is -0.311. The van der Waals surface area contributed by atoms with Crippen LogP contribution in [0.15, 0.2) is 64.9 Å². The van der Waals surface area contributed by atoms with E-state index in [0.717, 1.165) is 17.4 Å². The largest absolute Gasteiger partial charge is 0.321 e. The second-order valence-electron chi connectivity index (χ2n) is 5.47. The number of hydrogen-bond acceptors (Lipinski definition) is 4. The number of nitrogens with one attached hydrogen (secondary N) is 1. The Labute approximate surface area is 155 Å². The lowest BCUT2D eigenvalue weighted by Crippen LogP contribution is -2.10. The third kappa shape index (κ3) is 4.28. The molecule has 1 amide bonds. The first-order valence-electron chi connectivity index (χ1n) is 7.29. The molecule has 128 valence electrons. The third-order valence-electron chi connectivity index (χ3n) is 3.49. The maximum Gasteiger partial charge on any atom is 0.265 e. The summed E-state index contributed by atoms with van der Waals surface area (Å²) in [5.41, 5.74) is 2.33. The summed E-state index contributed by atoms with van der Waals surface area (Å²) in [6, 6.07) is 15.8. The number of sulfone groups is 1. The summed E-state index contributed by atoms with van der Waals surface area (Å²) in [7, 11) is -3.41. The first-order chi connectivity index (χ1) is 11.8. The fourth-order valence-corrected chi connectivity index (χ4v) is 4.07. The molecule has 1 heterocycles. The van der Waals surface area contributed by atoms with Crippen LogP contribution in [-0.2, 0) is 9.84 Å². The van der Waals surface area contributed by atoms with E-state index in [4.69, 9.17) is 11.6 Å². The molecular formula is C18H14ClNO3S2. The van der Waals surface area contributed by atoms with Gasteiger partial charge in [-0.3, -0.25) is 4.79 Å². The van der Waals surface area contributed by atoms with E-state index in [-0.39, 0.29) is 15.8 Å². The van der Waals surface area contributed by atoms with Crippen molar-refractivity contribution in [1.29, 1.82) is 0 Å². The molecule has 0 spiro atoms. The van der Waals surface area contributed by atoms with Gasteiger partial charge in [-0.15, -0.1) is 11.3 Å². The van der Waals surface area contributed by atoms with E-state index in [0.29, 0.717) is 10.6 Å². The highest BCUT2D eigenvalue weighted by atomic mass is 35.5. The zero-order chi connectivity index (χ0) is 18.0. The lowest BCUT2D eigenvalue weighted by Gasteiger charge is -2.07. The summed E-state index contributed by atoms with van der Waals surface area (Å²) in [4.78, 5) is 13.0. The van der Waals surface area contributed by atoms with E-state index in [2.05, 4.69) is 5.32 Å². The van der Waals surface area contributed by atoms with E-state index in [1.807, 2.05) is 35.7 Å². The van der Waals surface area contributed by atoms with Crippen LogP contribution in [0.3, 0.4) is 0 Å². The molecule has 0 bridgehead atoms. The van der Waals surface area contributed by atoms with E-state index < -0.39 is 9.84 Å². The molecule has 0 saturated heterocycles. The molecule has 0 radical (unpaired) electrons. The number of benzene rings is 2. The number of amides is 1. The van der Waals surface area contributed by atoms with Gasteiger partial charge in [-0.2, -0.15) is 0 Å². The van der Waals surface area contributed by atoms with Gasteiger partial charge in [0.25, 0.3) is 5.91 Å². The van der Waals surface area contributed by atoms with Crippen molar-refractivity contribution in [2.24, 2.45) is 0 Å². The molecule has 1 aromatic heterocycles. The summed E-state index contributed by atoms with van der Waals surface area (Å²) in [6.07, 6.45) is 1.09. The number of hydrogen-bond donors (Lipinski definition) is 1. The Kier molecular flexibility index (Phi) is 4.94. The predicted molar refractivity (Wildman–Crippen MR) is 102 cm³/mol. The van der Waals surface area contributed by atoms with E-state index in [1.165, 1.54) is 29.5 Å². The van der Waals surface area contributed by atoms with Crippen molar-refractivity contribution >= 4 is 44.4 Å². The first kappa shape index (κ1) is 17.7. The maximum absolute atomic E-state index is 12.4. The molecule has 0 aliphatic carbocycles. The molecule has 3 rings (SSSR count). The smallest absolute Gasteiger partial charge is 0.265 e. The molecule has 0 aliphatic heterocycles. The maximum atomic E-state index is 12.4. The van der Waals surface area contributed by atoms with Crippen molar-refractivity contribution in [1.82, 2.24) is 0 Å². The molecule has 0 unspecified atom stereocenters. The van der Waals surface area contributed by atoms with Crippen LogP contribution in [0.1, 0.15) is 9.67 Å². The SMILES string of the molecule is CS(=O)(=O)c1cc(Cl)cc(NC(=O)c2cc(-c3ccccc3)cs2)c1. The zero-order valence-electron chi connectivity index (χ0n) is 13.2. The second-order valence-corrected chi connectivity index (χ2v) is 8.83. The van der Waals surface area contributed by atoms with Crippen LogP contribution in [0.2, 0.25) is 5.02 Å². The molecule has 3 aromatic rings. The Hall–Kier alpha value is -2.15. The van der Waals surface area contributed by atoms with Crippen molar-refractivity contribution in [3.63, 3.8) is 0 Å². The predicted octanol–water partition coefficient (Wildman–Crippen LogP) is 4.72. The Morgan fingerprint density at radius 2 is 1.76 bits per heavy atom. The highest BCUT2D eigenvalue weighted by Crippen LogP contribution is 2.27. The minimum atomic E-state index is -3.41. The molecule has 25 heavy (non-hydrogen) atoms. The number of rotatable bonds is 4. The van der Waals surface area contributed by atoms with Crippen molar-refractivity contribution < 1.29 is 13.2 Å². The van der Waals surface area contributed by atoms with Crippen LogP contribution in [0.25, 0.3) is 11.1 Å². The number of carbonyl (C=O) groups is 1. The Morgan fingerprint density at radius 3 is 2.44 bits per heavy atom. The van der Waals surface area contributed by atoms with E-state index >= 15 is 0 Å². The lowest BCUT2D eigenvalue weighted by atomic mass is 10.1. The van der Waals surface area contributed by atoms with Crippen molar-refractivity contribution in [2.45, 2.75) is 4.90 Å². The standard InChI is InChI=1S/C18H14ClNO3S2/c1-25(22,23)16-9-14(19)8-15(10-16)20-18(21)17-7-13(11-24-17)12-5-3-2-4-6-12/h2-11H,1H3,(H,20,21). The van der Waals surface area contributed by atoms with Gasteiger partial charge in [0.1, 0.15) is 0 Å². The van der Waals surface area contributed by atoms with E-state index in [1.54, 1.807) is 6.07 Å². The summed E-state index contributed by atoms with van der Waals surface area (Å²) in [5, 5.41) is 4.85. The second kappa shape index (κ2) is 7.00. The molecule has 0 atom stereocenters. The third-order valence-corrected chi connectivity index (χ3v) is 5.73. The van der Waals surface area contributed by atoms with Crippen LogP contribution >= 0.6 is 22.9 Å². The van der Waals surface area contributed by atoms with Gasteiger partial charge in [0, 0.05) is 17.0 Å². The molecule has 0 fully saturated rings. The van der Waals surface area contributed by atoms with E-state index in [9.17, 15) is 13.2 Å². The number of carbonyl (C=O) groups excluding carboxylic acids is 1. The van der Waals surface area contributed by atoms with Gasteiger partial charge in [-0.1, -0.05) is 41.9 Å². The van der Waals surface area contributed by atoms with Gasteiger partial charge in [0.15, 0.2) is 9.84 Å². The zero-order valence-corrected chi connectivity index (χ0v) is 15.6. The fourth-order valence-electron chi connectivity index (χ4n) is 2.28. The quantitative estimate of drug-likeness (QED) is 0.699. The van der Waals surface area contributed by atoms with Gasteiger partial charge < -0.3 is 5.32 Å². The highest BCUT2D eigenvalue weighted by molar-refractivity contribution is 7.90. The van der Waals surface area contributed by atoms with Gasteiger partial charge in [0.05, 0.1) is 9.77 Å². The normalized spacial score (nSPS) is 11.3. The van der Waals surface area contributed by atoms with Crippen LogP contribution < -0.4 is 5.32 Å².